The molecule has 1 heterocycles. The lowest BCUT2D eigenvalue weighted by Gasteiger charge is -2.32. The van der Waals surface area contributed by atoms with Gasteiger partial charge in [0.05, 0.1) is 10.8 Å². The van der Waals surface area contributed by atoms with Gasteiger partial charge in [0.15, 0.2) is 0 Å². The van der Waals surface area contributed by atoms with Crippen LogP contribution in [0.4, 0.5) is 11.4 Å². The van der Waals surface area contributed by atoms with Crippen molar-refractivity contribution < 1.29 is 14.5 Å². The molecule has 1 saturated heterocycles. The molecule has 3 rings (SSSR count). The smallest absolute Gasteiger partial charge is 0.283 e. The number of amides is 2. The molecule has 0 bridgehead atoms. The van der Waals surface area contributed by atoms with E-state index in [-0.39, 0.29) is 34.6 Å². The maximum absolute atomic E-state index is 12.8. The van der Waals surface area contributed by atoms with E-state index in [1.165, 1.54) is 23.1 Å². The maximum atomic E-state index is 12.8. The van der Waals surface area contributed by atoms with E-state index in [4.69, 9.17) is 11.6 Å². The van der Waals surface area contributed by atoms with Gasteiger partial charge < -0.3 is 10.2 Å². The van der Waals surface area contributed by atoms with Crippen molar-refractivity contribution in [2.45, 2.75) is 12.8 Å². The molecule has 27 heavy (non-hydrogen) atoms. The molecule has 0 saturated carbocycles. The fourth-order valence-electron chi connectivity index (χ4n) is 3.15. The van der Waals surface area contributed by atoms with Gasteiger partial charge in [-0.1, -0.05) is 29.8 Å². The van der Waals surface area contributed by atoms with Crippen LogP contribution in [0.25, 0.3) is 0 Å². The number of nitro benzene ring substituents is 1. The topological polar surface area (TPSA) is 92.6 Å². The average Bonchev–Trinajstić information content (AvgIpc) is 2.68. The van der Waals surface area contributed by atoms with E-state index in [1.54, 1.807) is 12.1 Å². The van der Waals surface area contributed by atoms with Crippen molar-refractivity contribution in [1.29, 1.82) is 0 Å². The zero-order valence-corrected chi connectivity index (χ0v) is 15.2. The number of likely N-dealkylation sites (tertiary alicyclic amines) is 1. The molecule has 2 amide bonds. The van der Waals surface area contributed by atoms with Crippen molar-refractivity contribution in [2.75, 3.05) is 18.4 Å². The predicted octanol–water partition coefficient (Wildman–Crippen LogP) is 3.74. The Kier molecular flexibility index (Phi) is 5.71. The number of carbonyl (C=O) groups is 2. The van der Waals surface area contributed by atoms with Crippen LogP contribution in [0.2, 0.25) is 5.02 Å². The maximum Gasteiger partial charge on any atom is 0.283 e. The van der Waals surface area contributed by atoms with Gasteiger partial charge in [0.1, 0.15) is 5.56 Å². The molecule has 1 aliphatic heterocycles. The lowest BCUT2D eigenvalue weighted by atomic mass is 9.96. The molecule has 140 valence electrons. The summed E-state index contributed by atoms with van der Waals surface area (Å²) in [5, 5.41) is 14.3. The predicted molar refractivity (Wildman–Crippen MR) is 102 cm³/mol. The highest BCUT2D eigenvalue weighted by molar-refractivity contribution is 6.31. The molecule has 0 radical (unpaired) electrons. The second-order valence-electron chi connectivity index (χ2n) is 6.36. The van der Waals surface area contributed by atoms with Gasteiger partial charge in [0, 0.05) is 29.9 Å². The third kappa shape index (κ3) is 4.43. The van der Waals surface area contributed by atoms with Gasteiger partial charge >= 0.3 is 0 Å². The largest absolute Gasteiger partial charge is 0.338 e. The van der Waals surface area contributed by atoms with Gasteiger partial charge in [0.2, 0.25) is 5.91 Å². The summed E-state index contributed by atoms with van der Waals surface area (Å²) in [5.74, 6) is -0.992. The molecule has 0 aromatic heterocycles. The SMILES string of the molecule is O=C(Nc1ccccc1)C1CCCN(C(=O)c2ccc(Cl)cc2[N+](=O)[O-])C1. The van der Waals surface area contributed by atoms with Gasteiger partial charge in [-0.3, -0.25) is 19.7 Å². The number of hydrogen-bond donors (Lipinski definition) is 1. The van der Waals surface area contributed by atoms with Crippen LogP contribution in [0.5, 0.6) is 0 Å². The Balaban J connectivity index is 1.73. The van der Waals surface area contributed by atoms with Gasteiger partial charge in [-0.15, -0.1) is 0 Å². The van der Waals surface area contributed by atoms with Crippen molar-refractivity contribution in [3.05, 3.63) is 69.2 Å². The third-order valence-corrected chi connectivity index (χ3v) is 4.74. The number of anilines is 1. The molecule has 1 atom stereocenters. The third-order valence-electron chi connectivity index (χ3n) is 4.51. The van der Waals surface area contributed by atoms with E-state index in [2.05, 4.69) is 5.32 Å². The van der Waals surface area contributed by atoms with Crippen LogP contribution >= 0.6 is 11.6 Å². The number of nitro groups is 1. The van der Waals surface area contributed by atoms with E-state index in [0.717, 1.165) is 0 Å². The van der Waals surface area contributed by atoms with Gasteiger partial charge in [-0.25, -0.2) is 0 Å². The second kappa shape index (κ2) is 8.18. The highest BCUT2D eigenvalue weighted by Crippen LogP contribution is 2.27. The van der Waals surface area contributed by atoms with Gasteiger partial charge in [0.25, 0.3) is 11.6 Å². The summed E-state index contributed by atoms with van der Waals surface area (Å²) in [4.78, 5) is 37.4. The Labute approximate surface area is 161 Å². The van der Waals surface area contributed by atoms with Crippen LogP contribution in [-0.4, -0.2) is 34.7 Å². The van der Waals surface area contributed by atoms with E-state index in [1.807, 2.05) is 18.2 Å². The highest BCUT2D eigenvalue weighted by atomic mass is 35.5. The lowest BCUT2D eigenvalue weighted by molar-refractivity contribution is -0.385. The number of para-hydroxylation sites is 1. The first-order valence-corrected chi connectivity index (χ1v) is 8.92. The van der Waals surface area contributed by atoms with Crippen LogP contribution in [0, 0.1) is 16.0 Å². The van der Waals surface area contributed by atoms with Gasteiger partial charge in [-0.2, -0.15) is 0 Å². The summed E-state index contributed by atoms with van der Waals surface area (Å²) < 4.78 is 0. The Morgan fingerprint density at radius 1 is 1.19 bits per heavy atom. The van der Waals surface area contributed by atoms with E-state index in [0.29, 0.717) is 25.1 Å². The molecule has 0 aliphatic carbocycles. The molecule has 7 nitrogen and oxygen atoms in total. The minimum Gasteiger partial charge on any atom is -0.338 e. The molecule has 2 aromatic rings. The first kappa shape index (κ1) is 18.8. The Morgan fingerprint density at radius 2 is 1.93 bits per heavy atom. The van der Waals surface area contributed by atoms with Crippen molar-refractivity contribution >= 4 is 34.8 Å². The van der Waals surface area contributed by atoms with Crippen LogP contribution in [0.1, 0.15) is 23.2 Å². The number of halogens is 1. The number of nitrogens with one attached hydrogen (secondary N) is 1. The number of benzene rings is 2. The van der Waals surface area contributed by atoms with Crippen LogP contribution in [0.15, 0.2) is 48.5 Å². The zero-order valence-electron chi connectivity index (χ0n) is 14.4. The molecule has 8 heteroatoms. The quantitative estimate of drug-likeness (QED) is 0.638. The fourth-order valence-corrected chi connectivity index (χ4v) is 3.31. The van der Waals surface area contributed by atoms with Crippen LogP contribution in [-0.2, 0) is 4.79 Å². The lowest BCUT2D eigenvalue weighted by Crippen LogP contribution is -2.43. The minimum atomic E-state index is -0.622. The summed E-state index contributed by atoms with van der Waals surface area (Å²) in [6.07, 6.45) is 1.31. The molecule has 0 spiro atoms. The summed E-state index contributed by atoms with van der Waals surface area (Å²) >= 11 is 5.81. The van der Waals surface area contributed by atoms with Crippen LogP contribution in [0.3, 0.4) is 0 Å². The second-order valence-corrected chi connectivity index (χ2v) is 6.80. The molecule has 1 unspecified atom stereocenters. The fraction of sp³-hybridized carbons (Fsp3) is 0.263. The Morgan fingerprint density at radius 3 is 2.63 bits per heavy atom. The van der Waals surface area contributed by atoms with E-state index in [9.17, 15) is 19.7 Å². The summed E-state index contributed by atoms with van der Waals surface area (Å²) in [7, 11) is 0. The number of carbonyl (C=O) groups excluding carboxylic acids is 2. The molecular weight excluding hydrogens is 370 g/mol. The highest BCUT2D eigenvalue weighted by Gasteiger charge is 2.31. The van der Waals surface area contributed by atoms with Crippen molar-refractivity contribution in [3.8, 4) is 0 Å². The Hall–Kier alpha value is -2.93. The van der Waals surface area contributed by atoms with Crippen molar-refractivity contribution in [2.24, 2.45) is 5.92 Å². The first-order valence-electron chi connectivity index (χ1n) is 8.55. The normalized spacial score (nSPS) is 16.6. The van der Waals surface area contributed by atoms with Gasteiger partial charge in [-0.05, 0) is 37.1 Å². The molecule has 2 aromatic carbocycles. The van der Waals surface area contributed by atoms with Crippen molar-refractivity contribution in [3.63, 3.8) is 0 Å². The molecule has 1 aliphatic rings. The summed E-state index contributed by atoms with van der Waals surface area (Å²) in [5.41, 5.74) is 0.344. The summed E-state index contributed by atoms with van der Waals surface area (Å²) in [6.45, 7) is 0.672. The van der Waals surface area contributed by atoms with E-state index >= 15 is 0 Å². The number of rotatable bonds is 4. The number of hydrogen-bond acceptors (Lipinski definition) is 4. The van der Waals surface area contributed by atoms with E-state index < -0.39 is 10.8 Å². The summed E-state index contributed by atoms with van der Waals surface area (Å²) in [6, 6.07) is 13.1. The Bertz CT molecular complexity index is 873. The van der Waals surface area contributed by atoms with Crippen molar-refractivity contribution in [1.82, 2.24) is 4.90 Å². The standard InChI is InChI=1S/C19H18ClN3O4/c20-14-8-9-16(17(11-14)23(26)27)19(25)22-10-4-5-13(12-22)18(24)21-15-6-2-1-3-7-15/h1-3,6-9,11,13H,4-5,10,12H2,(H,21,24). The first-order chi connectivity index (χ1) is 13.0. The molecule has 1 N–H and O–H groups in total. The molecule has 1 fully saturated rings. The monoisotopic (exact) mass is 387 g/mol. The zero-order chi connectivity index (χ0) is 19.4. The molecular formula is C19H18ClN3O4. The number of nitrogens with zero attached hydrogens (tertiary/aromatic N) is 2. The average molecular weight is 388 g/mol. The van der Waals surface area contributed by atoms with Crippen LogP contribution < -0.4 is 5.32 Å². The number of piperidine rings is 1. The minimum absolute atomic E-state index is 0.0199.